The van der Waals surface area contributed by atoms with Crippen LogP contribution in [0, 0.1) is 23.7 Å². The summed E-state index contributed by atoms with van der Waals surface area (Å²) in [6.07, 6.45) is -2.36. The molecule has 3 N–H and O–H groups in total. The van der Waals surface area contributed by atoms with Crippen LogP contribution in [0.15, 0.2) is 127 Å². The van der Waals surface area contributed by atoms with E-state index in [9.17, 15) is 19.5 Å². The molecule has 1 aromatic heterocycles. The quantitative estimate of drug-likeness (QED) is 0.0439. The van der Waals surface area contributed by atoms with Crippen molar-refractivity contribution in [1.82, 2.24) is 20.2 Å². The summed E-state index contributed by atoms with van der Waals surface area (Å²) in [5.74, 6) is -1.03. The first kappa shape index (κ1) is 46.8. The molecule has 17 nitrogen and oxygen atoms in total. The summed E-state index contributed by atoms with van der Waals surface area (Å²) in [5.41, 5.74) is 1.36. The van der Waals surface area contributed by atoms with Gasteiger partial charge in [-0.05, 0) is 64.7 Å². The Labute approximate surface area is 401 Å². The summed E-state index contributed by atoms with van der Waals surface area (Å²) in [6, 6.07) is 32.8. The third-order valence-electron chi connectivity index (χ3n) is 13.0. The molecule has 9 rings (SSSR count). The average Bonchev–Trinajstić information content (AvgIpc) is 4.03. The number of morpholine rings is 1. The monoisotopic (exact) mass is 945 g/mol. The lowest BCUT2D eigenvalue weighted by Gasteiger charge is -2.46. The molecular weight excluding hydrogens is 899 g/mol. The van der Waals surface area contributed by atoms with Crippen LogP contribution in [-0.4, -0.2) is 96.4 Å². The zero-order chi connectivity index (χ0) is 49.1. The summed E-state index contributed by atoms with van der Waals surface area (Å²) in [6.45, 7) is -0.384. The summed E-state index contributed by atoms with van der Waals surface area (Å²) < 4.78 is 27.0. The van der Waals surface area contributed by atoms with Crippen LogP contribution in [0.25, 0.3) is 11.0 Å². The molecular formula is C53H47N5O12. The smallest absolute Gasteiger partial charge is 0.421 e. The molecule has 2 saturated heterocycles. The molecule has 0 saturated carbocycles. The highest BCUT2D eigenvalue weighted by molar-refractivity contribution is 6.23. The maximum absolute atomic E-state index is 16.3. The number of para-hydroxylation sites is 2. The Hall–Kier alpha value is -8.33. The first-order chi connectivity index (χ1) is 34.0. The molecule has 17 heteroatoms. The van der Waals surface area contributed by atoms with Gasteiger partial charge in [0.2, 0.25) is 11.8 Å². The number of rotatable bonds is 12. The van der Waals surface area contributed by atoms with Gasteiger partial charge in [-0.15, -0.1) is 0 Å². The van der Waals surface area contributed by atoms with Crippen molar-refractivity contribution in [2.45, 2.75) is 42.6 Å². The second kappa shape index (κ2) is 19.7. The van der Waals surface area contributed by atoms with Gasteiger partial charge in [-0.3, -0.25) is 28.9 Å². The number of cyclic esters (lactones) is 1. The van der Waals surface area contributed by atoms with Crippen LogP contribution in [0.3, 0.4) is 0 Å². The number of phenols is 1. The minimum Gasteiger partial charge on any atom is -0.508 e. The summed E-state index contributed by atoms with van der Waals surface area (Å²) in [5, 5.41) is 13.7. The van der Waals surface area contributed by atoms with Gasteiger partial charge < -0.3 is 39.1 Å². The van der Waals surface area contributed by atoms with E-state index in [-0.39, 0.29) is 48.7 Å². The predicted octanol–water partition coefficient (Wildman–Crippen LogP) is 5.74. The van der Waals surface area contributed by atoms with Crippen molar-refractivity contribution in [2.75, 3.05) is 39.4 Å². The number of nitrogens with one attached hydrogen (secondary N) is 2. The number of fused-ring (bicyclic) bond motifs is 4. The van der Waals surface area contributed by atoms with Crippen molar-refractivity contribution in [3.8, 4) is 17.6 Å². The number of aromatic nitrogens is 2. The van der Waals surface area contributed by atoms with Crippen LogP contribution in [0.4, 0.5) is 10.5 Å². The fourth-order valence-electron chi connectivity index (χ4n) is 10.1. The lowest BCUT2D eigenvalue weighted by molar-refractivity contribution is -0.178. The van der Waals surface area contributed by atoms with E-state index in [0.717, 1.165) is 24.6 Å². The number of benzene rings is 5. The molecule has 1 spiro atoms. The van der Waals surface area contributed by atoms with Crippen molar-refractivity contribution >= 4 is 52.5 Å². The number of aromatic hydroxyl groups is 1. The van der Waals surface area contributed by atoms with Crippen molar-refractivity contribution in [3.63, 3.8) is 0 Å². The molecule has 3 amide bonds. The molecule has 2 fully saturated rings. The number of hydrogen-bond donors (Lipinski definition) is 3. The van der Waals surface area contributed by atoms with Gasteiger partial charge in [0, 0.05) is 19.1 Å². The molecule has 70 heavy (non-hydrogen) atoms. The van der Waals surface area contributed by atoms with E-state index in [1.54, 1.807) is 24.3 Å². The molecule has 3 aliphatic heterocycles. The van der Waals surface area contributed by atoms with Gasteiger partial charge in [0.1, 0.15) is 35.7 Å². The van der Waals surface area contributed by atoms with Crippen LogP contribution in [0.5, 0.6) is 5.75 Å². The Morgan fingerprint density at radius 3 is 2.16 bits per heavy atom. The number of nitrogens with zero attached hydrogens (tertiary/aromatic N) is 3. The highest BCUT2D eigenvalue weighted by Crippen LogP contribution is 2.66. The minimum atomic E-state index is -2.18. The third-order valence-corrected chi connectivity index (χ3v) is 13.0. The number of methoxy groups -OCH3 is 3. The van der Waals surface area contributed by atoms with E-state index in [4.69, 9.17) is 23.7 Å². The van der Waals surface area contributed by atoms with Gasteiger partial charge in [0.15, 0.2) is 5.92 Å². The Morgan fingerprint density at radius 1 is 0.814 bits per heavy atom. The van der Waals surface area contributed by atoms with Crippen LogP contribution in [0.1, 0.15) is 58.3 Å². The number of amides is 3. The predicted molar refractivity (Wildman–Crippen MR) is 250 cm³/mol. The van der Waals surface area contributed by atoms with Crippen LogP contribution in [0.2, 0.25) is 0 Å². The van der Waals surface area contributed by atoms with Gasteiger partial charge in [0.05, 0.1) is 62.1 Å². The number of phenolic OH excluding ortho intramolecular Hbond substituents is 1. The molecule has 4 heterocycles. The molecule has 356 valence electrons. The first-order valence-electron chi connectivity index (χ1n) is 22.4. The molecule has 3 aliphatic rings. The first-order valence-corrected chi connectivity index (χ1v) is 22.4. The maximum atomic E-state index is 16.3. The second-order valence-corrected chi connectivity index (χ2v) is 16.9. The number of aromatic amines is 1. The van der Waals surface area contributed by atoms with Gasteiger partial charge >= 0.3 is 24.0 Å². The number of carbonyl (C=O) groups excluding carboxylic acids is 6. The fraction of sp³-hybridized carbons (Fsp3) is 0.264. The maximum Gasteiger partial charge on any atom is 0.421 e. The lowest BCUT2D eigenvalue weighted by Crippen LogP contribution is -2.55. The van der Waals surface area contributed by atoms with E-state index in [0.29, 0.717) is 28.0 Å². The Bertz CT molecular complexity index is 2990. The number of H-pyrrole nitrogens is 1. The molecule has 0 bridgehead atoms. The standard InChI is InChI=1S/C53H47N5O12/c1-66-27-28-69-52(65)57-40-26-21-31(13-12-18-36(48(61)67-2)49(62)68-3)29-37(40)53(51(57)64)42(47(60)54-30-41-55-38-19-10-11-20-39(38)56-41)44-50(63)70-45(33-16-8-5-9-17-33)43(32-14-6-4-7-15-32)58(44)46(53)34-22-24-35(59)25-23-34/h4-11,14-17,19-26,29,36,42-46,59H,18,27-28,30H2,1-3H3,(H,54,60)(H,55,56)/t42-,43-,44-,45+,46+,53-/m1/s1. The van der Waals surface area contributed by atoms with E-state index in [2.05, 4.69) is 27.1 Å². The van der Waals surface area contributed by atoms with E-state index in [1.807, 2.05) is 89.8 Å². The van der Waals surface area contributed by atoms with E-state index < -0.39 is 77.3 Å². The van der Waals surface area contributed by atoms with Crippen LogP contribution in [-0.2, 0) is 59.6 Å². The Morgan fingerprint density at radius 2 is 1.49 bits per heavy atom. The molecule has 6 aromatic rings. The summed E-state index contributed by atoms with van der Waals surface area (Å²) in [7, 11) is 3.70. The molecule has 0 aliphatic carbocycles. The number of imide groups is 1. The van der Waals surface area contributed by atoms with Crippen LogP contribution < -0.4 is 10.2 Å². The van der Waals surface area contributed by atoms with Crippen LogP contribution >= 0.6 is 0 Å². The van der Waals surface area contributed by atoms with Gasteiger partial charge in [-0.1, -0.05) is 96.8 Å². The fourth-order valence-corrected chi connectivity index (χ4v) is 10.1. The number of anilines is 1. The van der Waals surface area contributed by atoms with Gasteiger partial charge in [-0.2, -0.15) is 0 Å². The third kappa shape index (κ3) is 8.26. The Kier molecular flexibility index (Phi) is 13.2. The van der Waals surface area contributed by atoms with Gasteiger partial charge in [-0.25, -0.2) is 14.7 Å². The summed E-state index contributed by atoms with van der Waals surface area (Å²) >= 11 is 0. The topological polar surface area (TPSA) is 216 Å². The SMILES string of the molecule is COCCOC(=O)N1C(=O)[C@@]2(c3cc(C#CCC(C(=O)OC)C(=O)OC)ccc31)[C@H](c1ccc(O)cc1)N1[C@H](c3ccccc3)[C@H](c3ccccc3)OC(=O)[C@H]1[C@@H]2C(=O)NCc1nc2ccccc2[nH]1. The average molecular weight is 946 g/mol. The highest BCUT2D eigenvalue weighted by atomic mass is 16.6. The number of ether oxygens (including phenoxy) is 5. The normalized spacial score (nSPS) is 21.4. The molecule has 5 aromatic carbocycles. The number of esters is 3. The molecule has 0 radical (unpaired) electrons. The number of carbonyl (C=O) groups is 6. The zero-order valence-electron chi connectivity index (χ0n) is 38.2. The van der Waals surface area contributed by atoms with E-state index in [1.165, 1.54) is 25.3 Å². The van der Waals surface area contributed by atoms with Crippen molar-refractivity contribution in [2.24, 2.45) is 11.8 Å². The summed E-state index contributed by atoms with van der Waals surface area (Å²) in [4.78, 5) is 97.6. The second-order valence-electron chi connectivity index (χ2n) is 16.9. The lowest BCUT2D eigenvalue weighted by atomic mass is 9.65. The highest BCUT2D eigenvalue weighted by Gasteiger charge is 2.75. The molecule has 6 atom stereocenters. The number of imidazole rings is 1. The molecule has 0 unspecified atom stereocenters. The minimum absolute atomic E-state index is 0.00270. The zero-order valence-corrected chi connectivity index (χ0v) is 38.2. The number of hydrogen-bond acceptors (Lipinski definition) is 14. The Balaban J connectivity index is 1.30. The van der Waals surface area contributed by atoms with Crippen molar-refractivity contribution in [1.29, 1.82) is 0 Å². The van der Waals surface area contributed by atoms with Crippen molar-refractivity contribution < 1.29 is 57.6 Å². The van der Waals surface area contributed by atoms with Gasteiger partial charge in [0.25, 0.3) is 0 Å². The van der Waals surface area contributed by atoms with E-state index >= 15 is 14.4 Å². The largest absolute Gasteiger partial charge is 0.508 e. The van der Waals surface area contributed by atoms with Crippen molar-refractivity contribution in [3.05, 3.63) is 161 Å².